The molecule has 3 heteroatoms. The van der Waals surface area contributed by atoms with Gasteiger partial charge in [-0.15, -0.1) is 0 Å². The predicted octanol–water partition coefficient (Wildman–Crippen LogP) is 3.15. The van der Waals surface area contributed by atoms with Gasteiger partial charge in [0.1, 0.15) is 6.04 Å². The Bertz CT molecular complexity index is 582. The molecule has 1 N–H and O–H groups in total. The first kappa shape index (κ1) is 15.1. The van der Waals surface area contributed by atoms with Gasteiger partial charge in [0.05, 0.1) is 6.07 Å². The van der Waals surface area contributed by atoms with Crippen molar-refractivity contribution in [3.05, 3.63) is 65.7 Å². The lowest BCUT2D eigenvalue weighted by molar-refractivity contribution is 0.629. The minimum Gasteiger partial charge on any atom is -0.378 e. The van der Waals surface area contributed by atoms with Crippen LogP contribution in [0.5, 0.6) is 0 Å². The molecule has 2 aromatic carbocycles. The fourth-order valence-electron chi connectivity index (χ4n) is 2.21. The minimum absolute atomic E-state index is 0.259. The number of benzene rings is 2. The van der Waals surface area contributed by atoms with Gasteiger partial charge < -0.3 is 4.90 Å². The Labute approximate surface area is 126 Å². The molecule has 0 heterocycles. The fraction of sp³-hybridized carbons (Fsp3) is 0.278. The molecule has 0 spiro atoms. The van der Waals surface area contributed by atoms with Crippen LogP contribution in [0.15, 0.2) is 54.6 Å². The maximum Gasteiger partial charge on any atom is 0.121 e. The zero-order valence-electron chi connectivity index (χ0n) is 12.6. The maximum atomic E-state index is 9.33. The van der Waals surface area contributed by atoms with Crippen LogP contribution in [0, 0.1) is 11.3 Å². The molecule has 21 heavy (non-hydrogen) atoms. The molecule has 0 aliphatic carbocycles. The molecular weight excluding hydrogens is 258 g/mol. The Morgan fingerprint density at radius 1 is 1.05 bits per heavy atom. The Kier molecular flexibility index (Phi) is 5.36. The molecule has 108 valence electrons. The van der Waals surface area contributed by atoms with Crippen molar-refractivity contribution in [3.8, 4) is 6.07 Å². The Morgan fingerprint density at radius 2 is 1.71 bits per heavy atom. The van der Waals surface area contributed by atoms with Gasteiger partial charge in [0.25, 0.3) is 0 Å². The van der Waals surface area contributed by atoms with Gasteiger partial charge in [-0.25, -0.2) is 0 Å². The summed E-state index contributed by atoms with van der Waals surface area (Å²) in [4.78, 5) is 2.05. The number of anilines is 1. The van der Waals surface area contributed by atoms with Crippen molar-refractivity contribution in [2.24, 2.45) is 0 Å². The first-order valence-electron chi connectivity index (χ1n) is 7.15. The second-order valence-electron chi connectivity index (χ2n) is 5.24. The third-order valence-corrected chi connectivity index (χ3v) is 3.48. The summed E-state index contributed by atoms with van der Waals surface area (Å²) in [5, 5.41) is 12.6. The number of nitriles is 1. The second kappa shape index (κ2) is 7.47. The normalized spacial score (nSPS) is 11.7. The molecule has 1 unspecified atom stereocenters. The molecule has 0 bridgehead atoms. The van der Waals surface area contributed by atoms with Gasteiger partial charge in [-0.05, 0) is 29.7 Å². The largest absolute Gasteiger partial charge is 0.378 e. The monoisotopic (exact) mass is 279 g/mol. The van der Waals surface area contributed by atoms with Crippen molar-refractivity contribution in [2.75, 3.05) is 25.5 Å². The van der Waals surface area contributed by atoms with Crippen LogP contribution in [-0.2, 0) is 6.42 Å². The van der Waals surface area contributed by atoms with E-state index in [4.69, 9.17) is 0 Å². The summed E-state index contributed by atoms with van der Waals surface area (Å²) in [5.41, 5.74) is 3.43. The molecule has 0 saturated carbocycles. The van der Waals surface area contributed by atoms with Crippen LogP contribution in [-0.4, -0.2) is 20.6 Å². The van der Waals surface area contributed by atoms with E-state index in [0.29, 0.717) is 0 Å². The molecule has 0 aromatic heterocycles. The van der Waals surface area contributed by atoms with Crippen molar-refractivity contribution in [3.63, 3.8) is 0 Å². The lowest BCUT2D eigenvalue weighted by Crippen LogP contribution is -2.22. The first-order chi connectivity index (χ1) is 10.2. The number of rotatable bonds is 6. The van der Waals surface area contributed by atoms with Crippen molar-refractivity contribution in [2.45, 2.75) is 12.5 Å². The molecule has 2 aromatic rings. The molecular formula is C18H21N3. The topological polar surface area (TPSA) is 39.1 Å². The minimum atomic E-state index is -0.259. The van der Waals surface area contributed by atoms with Crippen molar-refractivity contribution in [1.29, 1.82) is 5.26 Å². The van der Waals surface area contributed by atoms with Gasteiger partial charge in [0, 0.05) is 26.3 Å². The van der Waals surface area contributed by atoms with Gasteiger partial charge in [-0.3, -0.25) is 5.32 Å². The molecule has 0 fully saturated rings. The maximum absolute atomic E-state index is 9.33. The lowest BCUT2D eigenvalue weighted by Gasteiger charge is -2.15. The molecule has 0 radical (unpaired) electrons. The Balaban J connectivity index is 1.92. The van der Waals surface area contributed by atoms with Crippen LogP contribution in [0.4, 0.5) is 5.69 Å². The molecule has 2 rings (SSSR count). The van der Waals surface area contributed by atoms with E-state index in [-0.39, 0.29) is 6.04 Å². The third kappa shape index (κ3) is 4.34. The van der Waals surface area contributed by atoms with Gasteiger partial charge in [0.15, 0.2) is 0 Å². The van der Waals surface area contributed by atoms with E-state index in [1.165, 1.54) is 5.56 Å². The highest BCUT2D eigenvalue weighted by Crippen LogP contribution is 2.17. The third-order valence-electron chi connectivity index (χ3n) is 3.48. The highest BCUT2D eigenvalue weighted by atomic mass is 15.1. The van der Waals surface area contributed by atoms with Crippen LogP contribution >= 0.6 is 0 Å². The SMILES string of the molecule is CN(C)c1ccc(C(C#N)NCCc2ccccc2)cc1. The van der Waals surface area contributed by atoms with Gasteiger partial charge in [0.2, 0.25) is 0 Å². The van der Waals surface area contributed by atoms with Crippen LogP contribution < -0.4 is 10.2 Å². The number of hydrogen-bond acceptors (Lipinski definition) is 3. The number of nitrogens with one attached hydrogen (secondary N) is 1. The standard InChI is InChI=1S/C18H21N3/c1-21(2)17-10-8-16(9-11-17)18(14-19)20-13-12-15-6-4-3-5-7-15/h3-11,18,20H,12-13H2,1-2H3. The van der Waals surface area contributed by atoms with Crippen molar-refractivity contribution >= 4 is 5.69 Å². The van der Waals surface area contributed by atoms with Gasteiger partial charge >= 0.3 is 0 Å². The summed E-state index contributed by atoms with van der Waals surface area (Å²) in [7, 11) is 4.02. The summed E-state index contributed by atoms with van der Waals surface area (Å²) >= 11 is 0. The smallest absolute Gasteiger partial charge is 0.121 e. The summed E-state index contributed by atoms with van der Waals surface area (Å²) in [6.07, 6.45) is 0.925. The molecule has 0 aliphatic rings. The average molecular weight is 279 g/mol. The molecule has 0 aliphatic heterocycles. The first-order valence-corrected chi connectivity index (χ1v) is 7.15. The highest BCUT2D eigenvalue weighted by molar-refractivity contribution is 5.47. The quantitative estimate of drug-likeness (QED) is 0.883. The number of hydrogen-bond donors (Lipinski definition) is 1. The zero-order valence-corrected chi connectivity index (χ0v) is 12.6. The van der Waals surface area contributed by atoms with E-state index >= 15 is 0 Å². The van der Waals surface area contributed by atoms with Crippen LogP contribution in [0.1, 0.15) is 17.2 Å². The van der Waals surface area contributed by atoms with Crippen molar-refractivity contribution < 1.29 is 0 Å². The number of nitrogens with zero attached hydrogens (tertiary/aromatic N) is 2. The summed E-state index contributed by atoms with van der Waals surface area (Å²) in [5.74, 6) is 0. The summed E-state index contributed by atoms with van der Waals surface area (Å²) in [6, 6.07) is 20.5. The van der Waals surface area contributed by atoms with Crippen LogP contribution in [0.25, 0.3) is 0 Å². The zero-order chi connectivity index (χ0) is 15.1. The molecule has 0 amide bonds. The fourth-order valence-corrected chi connectivity index (χ4v) is 2.21. The molecule has 0 saturated heterocycles. The Morgan fingerprint density at radius 3 is 2.29 bits per heavy atom. The van der Waals surface area contributed by atoms with Gasteiger partial charge in [-0.2, -0.15) is 5.26 Å². The van der Waals surface area contributed by atoms with E-state index in [2.05, 4.69) is 23.5 Å². The summed E-state index contributed by atoms with van der Waals surface area (Å²) < 4.78 is 0. The Hall–Kier alpha value is -2.31. The summed E-state index contributed by atoms with van der Waals surface area (Å²) in [6.45, 7) is 0.789. The van der Waals surface area contributed by atoms with E-state index < -0.39 is 0 Å². The van der Waals surface area contributed by atoms with E-state index in [1.54, 1.807) is 0 Å². The van der Waals surface area contributed by atoms with E-state index in [0.717, 1.165) is 24.2 Å². The lowest BCUT2D eigenvalue weighted by atomic mass is 10.1. The van der Waals surface area contributed by atoms with Crippen LogP contribution in [0.2, 0.25) is 0 Å². The molecule has 1 atom stereocenters. The molecule has 3 nitrogen and oxygen atoms in total. The van der Waals surface area contributed by atoms with Crippen LogP contribution in [0.3, 0.4) is 0 Å². The van der Waals surface area contributed by atoms with E-state index in [9.17, 15) is 5.26 Å². The van der Waals surface area contributed by atoms with Crippen molar-refractivity contribution in [1.82, 2.24) is 5.32 Å². The predicted molar refractivity (Wildman–Crippen MR) is 87.3 cm³/mol. The van der Waals surface area contributed by atoms with E-state index in [1.807, 2.05) is 61.5 Å². The van der Waals surface area contributed by atoms with Gasteiger partial charge in [-0.1, -0.05) is 42.5 Å². The highest BCUT2D eigenvalue weighted by Gasteiger charge is 2.09. The average Bonchev–Trinajstić information content (AvgIpc) is 2.53. The second-order valence-corrected chi connectivity index (χ2v) is 5.24.